The minimum atomic E-state index is -1.19. The van der Waals surface area contributed by atoms with Gasteiger partial charge in [-0.15, -0.1) is 0 Å². The van der Waals surface area contributed by atoms with Crippen LogP contribution in [0.4, 0.5) is 4.39 Å². The van der Waals surface area contributed by atoms with Crippen molar-refractivity contribution >= 4 is 0 Å². The SMILES string of the molecule is CC(C)n1ncc2c1CCCCCC2(F)C(C)C. The van der Waals surface area contributed by atoms with Gasteiger partial charge >= 0.3 is 0 Å². The van der Waals surface area contributed by atoms with Crippen molar-refractivity contribution in [2.24, 2.45) is 5.92 Å². The topological polar surface area (TPSA) is 17.8 Å². The van der Waals surface area contributed by atoms with Gasteiger partial charge in [0.05, 0.1) is 6.20 Å². The van der Waals surface area contributed by atoms with Crippen molar-refractivity contribution in [3.63, 3.8) is 0 Å². The molecule has 0 aromatic carbocycles. The van der Waals surface area contributed by atoms with E-state index < -0.39 is 5.67 Å². The molecule has 1 aliphatic rings. The first kappa shape index (κ1) is 13.6. The zero-order chi connectivity index (χ0) is 13.3. The largest absolute Gasteiger partial charge is 0.267 e. The maximum atomic E-state index is 15.4. The highest BCUT2D eigenvalue weighted by Crippen LogP contribution is 2.42. The first-order valence-electron chi connectivity index (χ1n) is 7.22. The zero-order valence-corrected chi connectivity index (χ0v) is 12.0. The van der Waals surface area contributed by atoms with E-state index in [1.807, 2.05) is 18.5 Å². The molecule has 2 rings (SSSR count). The Bertz CT molecular complexity index is 409. The third-order valence-corrected chi connectivity index (χ3v) is 4.20. The molecule has 0 N–H and O–H groups in total. The van der Waals surface area contributed by atoms with Gasteiger partial charge in [0, 0.05) is 17.3 Å². The van der Waals surface area contributed by atoms with Gasteiger partial charge in [-0.25, -0.2) is 4.39 Å². The number of hydrogen-bond donors (Lipinski definition) is 0. The Morgan fingerprint density at radius 1 is 1.22 bits per heavy atom. The Kier molecular flexibility index (Phi) is 3.79. The molecule has 1 unspecified atom stereocenters. The second-order valence-corrected chi connectivity index (χ2v) is 6.12. The van der Waals surface area contributed by atoms with Crippen LogP contribution in [0.25, 0.3) is 0 Å². The summed E-state index contributed by atoms with van der Waals surface area (Å²) in [5.74, 6) is 0.0131. The van der Waals surface area contributed by atoms with Gasteiger partial charge in [-0.2, -0.15) is 5.10 Å². The standard InChI is InChI=1S/C15H25FN2/c1-11(2)15(16)9-7-5-6-8-14-13(15)10-17-18(14)12(3)4/h10-12H,5-9H2,1-4H3. The Hall–Kier alpha value is -0.860. The Morgan fingerprint density at radius 3 is 2.56 bits per heavy atom. The molecule has 0 amide bonds. The molecule has 3 heteroatoms. The van der Waals surface area contributed by atoms with E-state index >= 15 is 4.39 Å². The average Bonchev–Trinajstić information content (AvgIpc) is 2.69. The van der Waals surface area contributed by atoms with Crippen LogP contribution in [0.15, 0.2) is 6.20 Å². The maximum absolute atomic E-state index is 15.4. The lowest BCUT2D eigenvalue weighted by Crippen LogP contribution is -2.29. The molecule has 1 atom stereocenters. The molecule has 18 heavy (non-hydrogen) atoms. The Balaban J connectivity index is 2.50. The molecular formula is C15H25FN2. The summed E-state index contributed by atoms with van der Waals surface area (Å²) in [6.07, 6.45) is 6.65. The normalized spacial score (nSPS) is 25.1. The van der Waals surface area contributed by atoms with Gasteiger partial charge in [0.2, 0.25) is 0 Å². The molecule has 0 fully saturated rings. The Morgan fingerprint density at radius 2 is 1.94 bits per heavy atom. The van der Waals surface area contributed by atoms with E-state index in [1.54, 1.807) is 6.20 Å². The summed E-state index contributed by atoms with van der Waals surface area (Å²) in [5, 5.41) is 4.44. The van der Waals surface area contributed by atoms with E-state index in [-0.39, 0.29) is 5.92 Å². The summed E-state index contributed by atoms with van der Waals surface area (Å²) < 4.78 is 17.4. The van der Waals surface area contributed by atoms with Crippen LogP contribution in [0, 0.1) is 5.92 Å². The van der Waals surface area contributed by atoms with Gasteiger partial charge in [-0.1, -0.05) is 20.3 Å². The van der Waals surface area contributed by atoms with Crippen molar-refractivity contribution in [1.82, 2.24) is 9.78 Å². The fourth-order valence-corrected chi connectivity index (χ4v) is 3.01. The lowest BCUT2D eigenvalue weighted by Gasteiger charge is -2.31. The summed E-state index contributed by atoms with van der Waals surface area (Å²) in [7, 11) is 0. The number of halogens is 1. The van der Waals surface area contributed by atoms with Gasteiger partial charge in [0.25, 0.3) is 0 Å². The van der Waals surface area contributed by atoms with E-state index in [1.165, 1.54) is 0 Å². The molecule has 1 heterocycles. The second kappa shape index (κ2) is 5.02. The fourth-order valence-electron chi connectivity index (χ4n) is 3.01. The molecule has 2 nitrogen and oxygen atoms in total. The van der Waals surface area contributed by atoms with Gasteiger partial charge in [0.1, 0.15) is 5.67 Å². The maximum Gasteiger partial charge on any atom is 0.141 e. The van der Waals surface area contributed by atoms with Crippen LogP contribution in [0.1, 0.15) is 70.7 Å². The summed E-state index contributed by atoms with van der Waals surface area (Å²) in [5.41, 5.74) is 0.787. The van der Waals surface area contributed by atoms with Crippen LogP contribution < -0.4 is 0 Å². The summed E-state index contributed by atoms with van der Waals surface area (Å²) >= 11 is 0. The number of alkyl halides is 1. The number of aromatic nitrogens is 2. The predicted molar refractivity (Wildman–Crippen MR) is 72.4 cm³/mol. The van der Waals surface area contributed by atoms with Gasteiger partial charge in [0.15, 0.2) is 0 Å². The van der Waals surface area contributed by atoms with E-state index in [2.05, 4.69) is 18.9 Å². The van der Waals surface area contributed by atoms with Gasteiger partial charge in [-0.05, 0) is 45.4 Å². The molecule has 1 aromatic heterocycles. The van der Waals surface area contributed by atoms with Crippen molar-refractivity contribution in [1.29, 1.82) is 0 Å². The number of nitrogens with zero attached hydrogens (tertiary/aromatic N) is 2. The smallest absolute Gasteiger partial charge is 0.141 e. The molecular weight excluding hydrogens is 227 g/mol. The van der Waals surface area contributed by atoms with Gasteiger partial charge < -0.3 is 0 Å². The third-order valence-electron chi connectivity index (χ3n) is 4.20. The van der Waals surface area contributed by atoms with E-state index in [9.17, 15) is 0 Å². The third kappa shape index (κ3) is 2.19. The molecule has 0 aliphatic heterocycles. The van der Waals surface area contributed by atoms with E-state index in [4.69, 9.17) is 0 Å². The van der Waals surface area contributed by atoms with Crippen LogP contribution >= 0.6 is 0 Å². The average molecular weight is 252 g/mol. The van der Waals surface area contributed by atoms with E-state index in [0.717, 1.165) is 36.9 Å². The summed E-state index contributed by atoms with van der Waals surface area (Å²) in [6, 6.07) is 0.310. The molecule has 0 saturated carbocycles. The van der Waals surface area contributed by atoms with Crippen molar-refractivity contribution < 1.29 is 4.39 Å². The predicted octanol–water partition coefficient (Wildman–Crippen LogP) is 4.40. The molecule has 0 spiro atoms. The van der Waals surface area contributed by atoms with Crippen LogP contribution in [0.5, 0.6) is 0 Å². The molecule has 0 bridgehead atoms. The molecule has 1 aliphatic carbocycles. The lowest BCUT2D eigenvalue weighted by molar-refractivity contribution is 0.0799. The summed E-state index contributed by atoms with van der Waals surface area (Å²) in [6.45, 7) is 8.19. The van der Waals surface area contributed by atoms with Crippen LogP contribution in [0.3, 0.4) is 0 Å². The van der Waals surface area contributed by atoms with Crippen molar-refractivity contribution in [2.45, 2.75) is 71.5 Å². The highest BCUT2D eigenvalue weighted by atomic mass is 19.1. The number of rotatable bonds is 2. The molecule has 102 valence electrons. The highest BCUT2D eigenvalue weighted by molar-refractivity contribution is 5.27. The fraction of sp³-hybridized carbons (Fsp3) is 0.800. The highest BCUT2D eigenvalue weighted by Gasteiger charge is 2.39. The lowest BCUT2D eigenvalue weighted by atomic mass is 9.79. The quantitative estimate of drug-likeness (QED) is 0.762. The second-order valence-electron chi connectivity index (χ2n) is 6.12. The molecule has 0 radical (unpaired) electrons. The minimum Gasteiger partial charge on any atom is -0.267 e. The van der Waals surface area contributed by atoms with Crippen molar-refractivity contribution in [3.05, 3.63) is 17.5 Å². The Labute approximate surface area is 110 Å². The number of hydrogen-bond acceptors (Lipinski definition) is 1. The van der Waals surface area contributed by atoms with E-state index in [0.29, 0.717) is 12.5 Å². The van der Waals surface area contributed by atoms with Crippen molar-refractivity contribution in [3.8, 4) is 0 Å². The molecule has 0 saturated heterocycles. The van der Waals surface area contributed by atoms with Crippen LogP contribution in [-0.4, -0.2) is 9.78 Å². The number of fused-ring (bicyclic) bond motifs is 1. The first-order chi connectivity index (χ1) is 8.47. The van der Waals surface area contributed by atoms with Gasteiger partial charge in [-0.3, -0.25) is 4.68 Å². The minimum absolute atomic E-state index is 0.0131. The molecule has 1 aromatic rings. The van der Waals surface area contributed by atoms with Crippen molar-refractivity contribution in [2.75, 3.05) is 0 Å². The summed E-state index contributed by atoms with van der Waals surface area (Å²) in [4.78, 5) is 0. The first-order valence-corrected chi connectivity index (χ1v) is 7.22. The van der Waals surface area contributed by atoms with Crippen LogP contribution in [-0.2, 0) is 12.1 Å². The van der Waals surface area contributed by atoms with Crippen LogP contribution in [0.2, 0.25) is 0 Å². The monoisotopic (exact) mass is 252 g/mol. The zero-order valence-electron chi connectivity index (χ0n) is 12.0.